The van der Waals surface area contributed by atoms with Crippen molar-refractivity contribution in [3.05, 3.63) is 75.6 Å². The van der Waals surface area contributed by atoms with E-state index in [-0.39, 0.29) is 16.8 Å². The molecular formula is C15H9FN2O3. The first kappa shape index (κ1) is 14.3. The molecule has 0 saturated heterocycles. The molecule has 0 N–H and O–H groups in total. The van der Waals surface area contributed by atoms with Gasteiger partial charge in [0.15, 0.2) is 5.78 Å². The van der Waals surface area contributed by atoms with Crippen LogP contribution in [0, 0.1) is 27.3 Å². The molecule has 21 heavy (non-hydrogen) atoms. The minimum atomic E-state index is -1.29. The normalized spacial score (nSPS) is 11.4. The van der Waals surface area contributed by atoms with Crippen LogP contribution in [0.4, 0.5) is 10.1 Å². The third-order valence-electron chi connectivity index (χ3n) is 2.94. The van der Waals surface area contributed by atoms with Gasteiger partial charge in [-0.05, 0) is 23.8 Å². The van der Waals surface area contributed by atoms with E-state index in [0.717, 1.165) is 6.07 Å². The molecular weight excluding hydrogens is 275 g/mol. The molecule has 5 nitrogen and oxygen atoms in total. The lowest BCUT2D eigenvalue weighted by Gasteiger charge is -2.09. The van der Waals surface area contributed by atoms with Crippen molar-refractivity contribution in [2.75, 3.05) is 0 Å². The highest BCUT2D eigenvalue weighted by molar-refractivity contribution is 6.05. The number of ketones is 1. The lowest BCUT2D eigenvalue weighted by atomic mass is 9.91. The van der Waals surface area contributed by atoms with Crippen LogP contribution in [-0.4, -0.2) is 10.7 Å². The van der Waals surface area contributed by atoms with Crippen molar-refractivity contribution in [1.29, 1.82) is 5.26 Å². The van der Waals surface area contributed by atoms with E-state index in [1.807, 2.05) is 0 Å². The average molecular weight is 284 g/mol. The predicted molar refractivity (Wildman–Crippen MR) is 72.2 cm³/mol. The fourth-order valence-corrected chi connectivity index (χ4v) is 1.97. The number of benzene rings is 2. The summed E-state index contributed by atoms with van der Waals surface area (Å²) in [4.78, 5) is 22.6. The van der Waals surface area contributed by atoms with Crippen molar-refractivity contribution in [3.63, 3.8) is 0 Å². The Labute approximate surface area is 119 Å². The van der Waals surface area contributed by atoms with E-state index in [4.69, 9.17) is 5.26 Å². The Morgan fingerprint density at radius 1 is 1.24 bits per heavy atom. The van der Waals surface area contributed by atoms with E-state index >= 15 is 0 Å². The Balaban J connectivity index is 2.48. The van der Waals surface area contributed by atoms with Crippen LogP contribution in [0.25, 0.3) is 0 Å². The van der Waals surface area contributed by atoms with Gasteiger partial charge in [0, 0.05) is 6.07 Å². The summed E-state index contributed by atoms with van der Waals surface area (Å²) < 4.78 is 13.2. The van der Waals surface area contributed by atoms with Crippen LogP contribution in [0.1, 0.15) is 21.8 Å². The van der Waals surface area contributed by atoms with E-state index in [2.05, 4.69) is 0 Å². The van der Waals surface area contributed by atoms with Crippen LogP contribution in [0.5, 0.6) is 0 Å². The van der Waals surface area contributed by atoms with Crippen molar-refractivity contribution in [2.45, 2.75) is 5.92 Å². The molecule has 0 aliphatic carbocycles. The molecule has 2 aromatic carbocycles. The molecule has 0 aliphatic rings. The topological polar surface area (TPSA) is 84.0 Å². The number of halogens is 1. The average Bonchev–Trinajstić information content (AvgIpc) is 2.48. The first-order valence-electron chi connectivity index (χ1n) is 5.97. The number of para-hydroxylation sites is 1. The molecule has 1 unspecified atom stereocenters. The first-order valence-corrected chi connectivity index (χ1v) is 5.97. The SMILES string of the molecule is N#CC(C(=O)c1ccccc1[N+](=O)[O-])c1cccc(F)c1. The zero-order valence-corrected chi connectivity index (χ0v) is 10.7. The van der Waals surface area contributed by atoms with E-state index in [0.29, 0.717) is 0 Å². The molecule has 0 saturated carbocycles. The second kappa shape index (κ2) is 5.92. The molecule has 0 bridgehead atoms. The Bertz CT molecular complexity index is 753. The van der Waals surface area contributed by atoms with Gasteiger partial charge in [0.25, 0.3) is 5.69 Å². The number of hydrogen-bond donors (Lipinski definition) is 0. The maximum absolute atomic E-state index is 13.2. The van der Waals surface area contributed by atoms with Crippen LogP contribution in [0.15, 0.2) is 48.5 Å². The summed E-state index contributed by atoms with van der Waals surface area (Å²) in [6.45, 7) is 0. The van der Waals surface area contributed by atoms with Gasteiger partial charge in [-0.3, -0.25) is 14.9 Å². The second-order valence-electron chi connectivity index (χ2n) is 4.26. The van der Waals surface area contributed by atoms with Crippen LogP contribution in [0.3, 0.4) is 0 Å². The Kier molecular flexibility index (Phi) is 4.05. The van der Waals surface area contributed by atoms with Crippen LogP contribution in [0.2, 0.25) is 0 Å². The maximum Gasteiger partial charge on any atom is 0.280 e. The quantitative estimate of drug-likeness (QED) is 0.490. The van der Waals surface area contributed by atoms with Crippen LogP contribution in [-0.2, 0) is 0 Å². The molecule has 0 amide bonds. The second-order valence-corrected chi connectivity index (χ2v) is 4.26. The molecule has 0 aromatic heterocycles. The van der Waals surface area contributed by atoms with Crippen LogP contribution < -0.4 is 0 Å². The minimum Gasteiger partial charge on any atom is -0.292 e. The lowest BCUT2D eigenvalue weighted by molar-refractivity contribution is -0.385. The molecule has 6 heteroatoms. The summed E-state index contributed by atoms with van der Waals surface area (Å²) in [5, 5.41) is 20.1. The number of nitro benzene ring substituents is 1. The number of carbonyl (C=O) groups is 1. The van der Waals surface area contributed by atoms with Gasteiger partial charge in [-0.1, -0.05) is 24.3 Å². The van der Waals surface area contributed by atoms with Gasteiger partial charge in [-0.15, -0.1) is 0 Å². The van der Waals surface area contributed by atoms with Gasteiger partial charge < -0.3 is 0 Å². The van der Waals surface area contributed by atoms with E-state index in [1.165, 1.54) is 42.5 Å². The van der Waals surface area contributed by atoms with Gasteiger partial charge in [0.1, 0.15) is 11.7 Å². The highest BCUT2D eigenvalue weighted by atomic mass is 19.1. The summed E-state index contributed by atoms with van der Waals surface area (Å²) in [5.74, 6) is -2.60. The van der Waals surface area contributed by atoms with Gasteiger partial charge in [0.05, 0.1) is 16.6 Å². The zero-order chi connectivity index (χ0) is 15.4. The first-order chi connectivity index (χ1) is 10.0. The third kappa shape index (κ3) is 2.92. The third-order valence-corrected chi connectivity index (χ3v) is 2.94. The van der Waals surface area contributed by atoms with E-state index in [1.54, 1.807) is 6.07 Å². The van der Waals surface area contributed by atoms with Gasteiger partial charge in [-0.25, -0.2) is 4.39 Å². The van der Waals surface area contributed by atoms with Gasteiger partial charge in [0.2, 0.25) is 0 Å². The summed E-state index contributed by atoms with van der Waals surface area (Å²) in [6, 6.07) is 12.2. The van der Waals surface area contributed by atoms with Crippen LogP contribution >= 0.6 is 0 Å². The summed E-state index contributed by atoms with van der Waals surface area (Å²) >= 11 is 0. The van der Waals surface area contributed by atoms with Crippen molar-refractivity contribution in [3.8, 4) is 6.07 Å². The molecule has 0 radical (unpaired) electrons. The molecule has 0 fully saturated rings. The summed E-state index contributed by atoms with van der Waals surface area (Å²) in [6.07, 6.45) is 0. The molecule has 0 aliphatic heterocycles. The molecule has 2 aromatic rings. The van der Waals surface area contributed by atoms with Crippen molar-refractivity contribution in [1.82, 2.24) is 0 Å². The largest absolute Gasteiger partial charge is 0.292 e. The minimum absolute atomic E-state index is 0.167. The predicted octanol–water partition coefficient (Wildman–Crippen LogP) is 3.22. The number of nitro groups is 1. The fraction of sp³-hybridized carbons (Fsp3) is 0.0667. The fourth-order valence-electron chi connectivity index (χ4n) is 1.97. The molecule has 0 heterocycles. The highest BCUT2D eigenvalue weighted by Gasteiger charge is 2.27. The van der Waals surface area contributed by atoms with Crippen molar-refractivity contribution >= 4 is 11.5 Å². The highest BCUT2D eigenvalue weighted by Crippen LogP contribution is 2.26. The van der Waals surface area contributed by atoms with E-state index < -0.39 is 22.4 Å². The molecule has 1 atom stereocenters. The number of Topliss-reactive ketones (excluding diaryl/α,β-unsaturated/α-hetero) is 1. The Morgan fingerprint density at radius 2 is 1.95 bits per heavy atom. The van der Waals surface area contributed by atoms with Gasteiger partial charge in [-0.2, -0.15) is 5.26 Å². The molecule has 2 rings (SSSR count). The number of hydrogen-bond acceptors (Lipinski definition) is 4. The number of carbonyl (C=O) groups excluding carboxylic acids is 1. The molecule has 0 spiro atoms. The number of nitrogens with zero attached hydrogens (tertiary/aromatic N) is 2. The lowest BCUT2D eigenvalue weighted by Crippen LogP contribution is -2.13. The number of nitriles is 1. The Hall–Kier alpha value is -3.07. The monoisotopic (exact) mass is 284 g/mol. The molecule has 104 valence electrons. The van der Waals surface area contributed by atoms with E-state index in [9.17, 15) is 19.3 Å². The smallest absolute Gasteiger partial charge is 0.280 e. The van der Waals surface area contributed by atoms with Crippen molar-refractivity contribution < 1.29 is 14.1 Å². The Morgan fingerprint density at radius 3 is 2.57 bits per heavy atom. The number of rotatable bonds is 4. The maximum atomic E-state index is 13.2. The standard InChI is InChI=1S/C15H9FN2O3/c16-11-5-3-4-10(8-11)13(9-17)15(19)12-6-1-2-7-14(12)18(20)21/h1-8,13H. The summed E-state index contributed by atoms with van der Waals surface area (Å²) in [7, 11) is 0. The zero-order valence-electron chi connectivity index (χ0n) is 10.7. The summed E-state index contributed by atoms with van der Waals surface area (Å²) in [5.41, 5.74) is -0.377. The van der Waals surface area contributed by atoms with Crippen molar-refractivity contribution in [2.24, 2.45) is 0 Å². The van der Waals surface area contributed by atoms with Gasteiger partial charge >= 0.3 is 0 Å².